The van der Waals surface area contributed by atoms with Crippen LogP contribution < -0.4 is 16.4 Å². The Labute approximate surface area is 171 Å². The monoisotopic (exact) mass is 408 g/mol. The minimum Gasteiger partial charge on any atom is -0.350 e. The molecule has 1 saturated heterocycles. The summed E-state index contributed by atoms with van der Waals surface area (Å²) in [5, 5.41) is 6.17. The van der Waals surface area contributed by atoms with Gasteiger partial charge in [-0.05, 0) is 37.3 Å². The van der Waals surface area contributed by atoms with Crippen molar-refractivity contribution in [1.29, 1.82) is 0 Å². The number of carbonyl (C=O) groups excluding carboxylic acids is 3. The second kappa shape index (κ2) is 9.89. The Morgan fingerprint density at radius 2 is 1.93 bits per heavy atom. The molecule has 1 aromatic carbocycles. The summed E-state index contributed by atoms with van der Waals surface area (Å²) in [6.45, 7) is 6.06. The van der Waals surface area contributed by atoms with Gasteiger partial charge in [-0.1, -0.05) is 43.6 Å². The van der Waals surface area contributed by atoms with Gasteiger partial charge in [-0.25, -0.2) is 0 Å². The van der Waals surface area contributed by atoms with E-state index in [1.165, 1.54) is 0 Å². The summed E-state index contributed by atoms with van der Waals surface area (Å²) in [5.41, 5.74) is 6.43. The molecule has 1 aliphatic rings. The lowest BCUT2D eigenvalue weighted by Gasteiger charge is -2.31. The predicted octanol–water partition coefficient (Wildman–Crippen LogP) is 1.44. The lowest BCUT2D eigenvalue weighted by molar-refractivity contribution is -0.142. The van der Waals surface area contributed by atoms with Crippen LogP contribution in [0.25, 0.3) is 0 Å². The first kappa shape index (κ1) is 22.2. The standard InChI is InChI=1S/C20H29ClN4O3/c1-12(2)17(24-18(26)13(3)22)20(28)25-10-6-9-16(25)19(27)23-11-14-7-4-5-8-15(14)21/h4-5,7-8,12-13,16-17H,6,9-11,22H2,1-3H3,(H,23,27)(H,24,26)/t13-,16-,17-/m0/s1. The van der Waals surface area contributed by atoms with Gasteiger partial charge in [0.1, 0.15) is 12.1 Å². The third-order valence-electron chi connectivity index (χ3n) is 4.89. The van der Waals surface area contributed by atoms with Crippen molar-refractivity contribution in [3.63, 3.8) is 0 Å². The number of amides is 3. The van der Waals surface area contributed by atoms with Gasteiger partial charge in [0.05, 0.1) is 6.04 Å². The maximum atomic E-state index is 13.1. The maximum absolute atomic E-state index is 13.1. The molecule has 0 radical (unpaired) electrons. The van der Waals surface area contributed by atoms with E-state index in [4.69, 9.17) is 17.3 Å². The summed E-state index contributed by atoms with van der Waals surface area (Å²) < 4.78 is 0. The van der Waals surface area contributed by atoms with Gasteiger partial charge in [-0.2, -0.15) is 0 Å². The number of nitrogens with one attached hydrogen (secondary N) is 2. The molecular weight excluding hydrogens is 380 g/mol. The average Bonchev–Trinajstić information content (AvgIpc) is 3.14. The molecule has 1 heterocycles. The first-order valence-electron chi connectivity index (χ1n) is 9.60. The van der Waals surface area contributed by atoms with E-state index in [0.29, 0.717) is 24.5 Å². The molecule has 0 aromatic heterocycles. The van der Waals surface area contributed by atoms with Crippen molar-refractivity contribution in [3.8, 4) is 0 Å². The molecule has 0 unspecified atom stereocenters. The highest BCUT2D eigenvalue weighted by Crippen LogP contribution is 2.21. The summed E-state index contributed by atoms with van der Waals surface area (Å²) in [7, 11) is 0. The van der Waals surface area contributed by atoms with E-state index in [1.54, 1.807) is 17.9 Å². The molecule has 0 bridgehead atoms. The van der Waals surface area contributed by atoms with Crippen LogP contribution in [0.15, 0.2) is 24.3 Å². The largest absolute Gasteiger partial charge is 0.350 e. The highest BCUT2D eigenvalue weighted by molar-refractivity contribution is 6.31. The summed E-state index contributed by atoms with van der Waals surface area (Å²) in [5.74, 6) is -0.972. The molecule has 0 aliphatic carbocycles. The second-order valence-electron chi connectivity index (χ2n) is 7.52. The van der Waals surface area contributed by atoms with Crippen molar-refractivity contribution < 1.29 is 14.4 Å². The molecular formula is C20H29ClN4O3. The third kappa shape index (κ3) is 5.45. The van der Waals surface area contributed by atoms with Crippen LogP contribution in [-0.2, 0) is 20.9 Å². The summed E-state index contributed by atoms with van der Waals surface area (Å²) in [6.07, 6.45) is 1.33. The van der Waals surface area contributed by atoms with Gasteiger partial charge in [-0.3, -0.25) is 14.4 Å². The number of hydrogen-bond acceptors (Lipinski definition) is 4. The van der Waals surface area contributed by atoms with E-state index in [2.05, 4.69) is 10.6 Å². The number of likely N-dealkylation sites (tertiary alicyclic amines) is 1. The molecule has 1 aliphatic heterocycles. The maximum Gasteiger partial charge on any atom is 0.246 e. The first-order valence-corrected chi connectivity index (χ1v) is 9.97. The zero-order valence-corrected chi connectivity index (χ0v) is 17.3. The Kier molecular flexibility index (Phi) is 7.83. The SMILES string of the molecule is CC(C)[C@H](NC(=O)[C@H](C)N)C(=O)N1CCC[C@H]1C(=O)NCc1ccccc1Cl. The number of carbonyl (C=O) groups is 3. The van der Waals surface area contributed by atoms with E-state index < -0.39 is 18.1 Å². The fourth-order valence-corrected chi connectivity index (χ4v) is 3.42. The molecule has 1 aromatic rings. The van der Waals surface area contributed by atoms with E-state index in [0.717, 1.165) is 12.0 Å². The molecule has 154 valence electrons. The zero-order valence-electron chi connectivity index (χ0n) is 16.6. The van der Waals surface area contributed by atoms with Crippen molar-refractivity contribution in [2.45, 2.75) is 58.3 Å². The Balaban J connectivity index is 2.05. The Hall–Kier alpha value is -2.12. The van der Waals surface area contributed by atoms with E-state index in [1.807, 2.05) is 32.0 Å². The summed E-state index contributed by atoms with van der Waals surface area (Å²) in [4.78, 5) is 39.3. The van der Waals surface area contributed by atoms with Crippen LogP contribution in [-0.4, -0.2) is 47.3 Å². The van der Waals surface area contributed by atoms with Crippen LogP contribution >= 0.6 is 11.6 Å². The Morgan fingerprint density at radius 1 is 1.25 bits per heavy atom. The van der Waals surface area contributed by atoms with E-state index >= 15 is 0 Å². The van der Waals surface area contributed by atoms with Gasteiger partial charge >= 0.3 is 0 Å². The molecule has 3 amide bonds. The van der Waals surface area contributed by atoms with Crippen LogP contribution in [0, 0.1) is 5.92 Å². The summed E-state index contributed by atoms with van der Waals surface area (Å²) >= 11 is 6.13. The number of rotatable bonds is 7. The van der Waals surface area contributed by atoms with Crippen LogP contribution in [0.4, 0.5) is 0 Å². The van der Waals surface area contributed by atoms with Crippen molar-refractivity contribution in [1.82, 2.24) is 15.5 Å². The third-order valence-corrected chi connectivity index (χ3v) is 5.26. The number of hydrogen-bond donors (Lipinski definition) is 3. The molecule has 4 N–H and O–H groups in total. The lowest BCUT2D eigenvalue weighted by atomic mass is 10.0. The number of nitrogens with two attached hydrogens (primary N) is 1. The van der Waals surface area contributed by atoms with Gasteiger partial charge in [0, 0.05) is 18.1 Å². The van der Waals surface area contributed by atoms with Crippen LogP contribution in [0.3, 0.4) is 0 Å². The number of nitrogens with zero attached hydrogens (tertiary/aromatic N) is 1. The fraction of sp³-hybridized carbons (Fsp3) is 0.550. The van der Waals surface area contributed by atoms with Crippen LogP contribution in [0.5, 0.6) is 0 Å². The first-order chi connectivity index (χ1) is 13.2. The van der Waals surface area contributed by atoms with E-state index in [9.17, 15) is 14.4 Å². The van der Waals surface area contributed by atoms with Crippen molar-refractivity contribution in [2.24, 2.45) is 11.7 Å². The highest BCUT2D eigenvalue weighted by atomic mass is 35.5. The van der Waals surface area contributed by atoms with Gasteiger partial charge in [0.15, 0.2) is 0 Å². The second-order valence-corrected chi connectivity index (χ2v) is 7.93. The van der Waals surface area contributed by atoms with Crippen molar-refractivity contribution in [2.75, 3.05) is 6.54 Å². The minimum absolute atomic E-state index is 0.123. The predicted molar refractivity (Wildman–Crippen MR) is 108 cm³/mol. The van der Waals surface area contributed by atoms with Gasteiger partial charge in [0.25, 0.3) is 0 Å². The highest BCUT2D eigenvalue weighted by Gasteiger charge is 2.38. The molecule has 3 atom stereocenters. The number of benzene rings is 1. The van der Waals surface area contributed by atoms with Crippen molar-refractivity contribution in [3.05, 3.63) is 34.9 Å². The fourth-order valence-electron chi connectivity index (χ4n) is 3.22. The molecule has 0 spiro atoms. The normalized spacial score (nSPS) is 18.6. The number of halogens is 1. The van der Waals surface area contributed by atoms with Gasteiger partial charge in [0.2, 0.25) is 17.7 Å². The molecule has 7 nitrogen and oxygen atoms in total. The molecule has 0 saturated carbocycles. The average molecular weight is 409 g/mol. The molecule has 2 rings (SSSR count). The van der Waals surface area contributed by atoms with E-state index in [-0.39, 0.29) is 23.6 Å². The topological polar surface area (TPSA) is 105 Å². The van der Waals surface area contributed by atoms with Gasteiger partial charge < -0.3 is 21.3 Å². The molecule has 1 fully saturated rings. The smallest absolute Gasteiger partial charge is 0.246 e. The Bertz CT molecular complexity index is 723. The zero-order chi connectivity index (χ0) is 20.8. The van der Waals surface area contributed by atoms with Crippen LogP contribution in [0.1, 0.15) is 39.2 Å². The quantitative estimate of drug-likeness (QED) is 0.634. The van der Waals surface area contributed by atoms with Gasteiger partial charge in [-0.15, -0.1) is 0 Å². The minimum atomic E-state index is -0.713. The van der Waals surface area contributed by atoms with Crippen molar-refractivity contribution >= 4 is 29.3 Å². The Morgan fingerprint density at radius 3 is 2.54 bits per heavy atom. The summed E-state index contributed by atoms with van der Waals surface area (Å²) in [6, 6.07) is 5.32. The lowest BCUT2D eigenvalue weighted by Crippen LogP contribution is -2.56. The molecule has 28 heavy (non-hydrogen) atoms. The van der Waals surface area contributed by atoms with Crippen LogP contribution in [0.2, 0.25) is 5.02 Å². The molecule has 8 heteroatoms.